The summed E-state index contributed by atoms with van der Waals surface area (Å²) in [7, 11) is 1.80. The van der Waals surface area contributed by atoms with Crippen LogP contribution in [0.1, 0.15) is 19.8 Å². The van der Waals surface area contributed by atoms with Gasteiger partial charge in [0.15, 0.2) is 0 Å². The Kier molecular flexibility index (Phi) is 5.25. The van der Waals surface area contributed by atoms with Gasteiger partial charge in [0.05, 0.1) is 6.54 Å². The Morgan fingerprint density at radius 2 is 1.94 bits per heavy atom. The molecular formula is C11H21N3O2. The van der Waals surface area contributed by atoms with Crippen LogP contribution in [0.2, 0.25) is 0 Å². The lowest BCUT2D eigenvalue weighted by Crippen LogP contribution is -2.41. The lowest BCUT2D eigenvalue weighted by Gasteiger charge is -2.16. The summed E-state index contributed by atoms with van der Waals surface area (Å²) in [4.78, 5) is 25.0. The summed E-state index contributed by atoms with van der Waals surface area (Å²) in [6.45, 7) is 4.27. The van der Waals surface area contributed by atoms with Gasteiger partial charge in [0.25, 0.3) is 0 Å². The summed E-state index contributed by atoms with van der Waals surface area (Å²) < 4.78 is 0. The third-order valence-corrected chi connectivity index (χ3v) is 2.83. The van der Waals surface area contributed by atoms with Gasteiger partial charge in [-0.05, 0) is 19.9 Å². The first-order valence-corrected chi connectivity index (χ1v) is 5.85. The Morgan fingerprint density at radius 3 is 2.50 bits per heavy atom. The zero-order chi connectivity index (χ0) is 12.0. The molecule has 1 heterocycles. The Bertz CT molecular complexity index is 250. The van der Waals surface area contributed by atoms with Crippen molar-refractivity contribution in [2.45, 2.75) is 19.8 Å². The van der Waals surface area contributed by atoms with Gasteiger partial charge in [0.2, 0.25) is 11.8 Å². The molecule has 0 aromatic rings. The molecule has 1 unspecified atom stereocenters. The maximum Gasteiger partial charge on any atom is 0.241 e. The van der Waals surface area contributed by atoms with Crippen molar-refractivity contribution in [3.05, 3.63) is 0 Å². The molecule has 1 rings (SSSR count). The first-order valence-electron chi connectivity index (χ1n) is 5.85. The molecule has 0 aliphatic carbocycles. The fraction of sp³-hybridized carbons (Fsp3) is 0.818. The number of nitrogens with zero attached hydrogens (tertiary/aromatic N) is 1. The molecule has 0 radical (unpaired) electrons. The minimum Gasteiger partial charge on any atom is -0.347 e. The van der Waals surface area contributed by atoms with Crippen LogP contribution < -0.4 is 10.6 Å². The smallest absolute Gasteiger partial charge is 0.241 e. The fourth-order valence-corrected chi connectivity index (χ4v) is 1.81. The largest absolute Gasteiger partial charge is 0.347 e. The zero-order valence-electron chi connectivity index (χ0n) is 10.1. The highest BCUT2D eigenvalue weighted by Gasteiger charge is 2.19. The van der Waals surface area contributed by atoms with Gasteiger partial charge < -0.3 is 15.5 Å². The highest BCUT2D eigenvalue weighted by molar-refractivity contribution is 5.85. The van der Waals surface area contributed by atoms with Gasteiger partial charge in [-0.3, -0.25) is 9.59 Å². The monoisotopic (exact) mass is 227 g/mol. The first kappa shape index (κ1) is 13.0. The topological polar surface area (TPSA) is 61.4 Å². The van der Waals surface area contributed by atoms with Crippen LogP contribution in [0.3, 0.4) is 0 Å². The van der Waals surface area contributed by atoms with E-state index < -0.39 is 0 Å². The molecule has 1 fully saturated rings. The number of hydrogen-bond acceptors (Lipinski definition) is 3. The van der Waals surface area contributed by atoms with Gasteiger partial charge >= 0.3 is 0 Å². The summed E-state index contributed by atoms with van der Waals surface area (Å²) in [6.07, 6.45) is 2.16. The number of carbonyl (C=O) groups is 2. The van der Waals surface area contributed by atoms with E-state index in [0.29, 0.717) is 6.54 Å². The van der Waals surface area contributed by atoms with Crippen LogP contribution in [-0.2, 0) is 9.59 Å². The molecular weight excluding hydrogens is 206 g/mol. The van der Waals surface area contributed by atoms with E-state index in [1.165, 1.54) is 0 Å². The van der Waals surface area contributed by atoms with Crippen molar-refractivity contribution in [1.29, 1.82) is 0 Å². The third kappa shape index (κ3) is 3.81. The SMILES string of the molecule is CNCC(C)C(=O)NCC(=O)N1CCCC1. The second kappa shape index (κ2) is 6.48. The summed E-state index contributed by atoms with van der Waals surface area (Å²) in [5.41, 5.74) is 0. The van der Waals surface area contributed by atoms with Crippen molar-refractivity contribution in [2.24, 2.45) is 5.92 Å². The number of rotatable bonds is 5. The van der Waals surface area contributed by atoms with Gasteiger partial charge in [0, 0.05) is 25.6 Å². The van der Waals surface area contributed by atoms with E-state index in [1.54, 1.807) is 7.05 Å². The van der Waals surface area contributed by atoms with Crippen LogP contribution in [0.5, 0.6) is 0 Å². The van der Waals surface area contributed by atoms with Gasteiger partial charge in [0.1, 0.15) is 0 Å². The molecule has 0 aromatic carbocycles. The van der Waals surface area contributed by atoms with Crippen LogP contribution in [-0.4, -0.2) is 49.9 Å². The van der Waals surface area contributed by atoms with Crippen LogP contribution >= 0.6 is 0 Å². The second-order valence-corrected chi connectivity index (χ2v) is 4.26. The summed E-state index contributed by atoms with van der Waals surface area (Å²) in [5, 5.41) is 5.61. The average molecular weight is 227 g/mol. The van der Waals surface area contributed by atoms with Crippen LogP contribution in [0.15, 0.2) is 0 Å². The lowest BCUT2D eigenvalue weighted by molar-refractivity contribution is -0.132. The summed E-state index contributed by atoms with van der Waals surface area (Å²) >= 11 is 0. The molecule has 0 saturated carbocycles. The molecule has 2 amide bonds. The van der Waals surface area contributed by atoms with Crippen LogP contribution in [0, 0.1) is 5.92 Å². The molecule has 0 spiro atoms. The molecule has 1 saturated heterocycles. The fourth-order valence-electron chi connectivity index (χ4n) is 1.81. The standard InChI is InChI=1S/C11H21N3O2/c1-9(7-12-2)11(16)13-8-10(15)14-5-3-4-6-14/h9,12H,3-8H2,1-2H3,(H,13,16). The highest BCUT2D eigenvalue weighted by Crippen LogP contribution is 2.06. The second-order valence-electron chi connectivity index (χ2n) is 4.26. The molecule has 5 heteroatoms. The van der Waals surface area contributed by atoms with Crippen LogP contribution in [0.25, 0.3) is 0 Å². The average Bonchev–Trinajstić information content (AvgIpc) is 2.79. The van der Waals surface area contributed by atoms with Crippen molar-refractivity contribution in [3.8, 4) is 0 Å². The van der Waals surface area contributed by atoms with E-state index in [2.05, 4.69) is 10.6 Å². The molecule has 0 bridgehead atoms. The molecule has 0 aromatic heterocycles. The minimum absolute atomic E-state index is 0.0301. The van der Waals surface area contributed by atoms with Crippen molar-refractivity contribution >= 4 is 11.8 Å². The predicted octanol–water partition coefficient (Wildman–Crippen LogP) is -0.419. The van der Waals surface area contributed by atoms with Gasteiger partial charge in [-0.25, -0.2) is 0 Å². The molecule has 16 heavy (non-hydrogen) atoms. The van der Waals surface area contributed by atoms with E-state index in [4.69, 9.17) is 0 Å². The molecule has 1 aliphatic heterocycles. The Labute approximate surface area is 96.6 Å². The normalized spacial score (nSPS) is 17.2. The Hall–Kier alpha value is -1.10. The summed E-state index contributed by atoms with van der Waals surface area (Å²) in [5.74, 6) is -0.138. The number of likely N-dealkylation sites (tertiary alicyclic amines) is 1. The van der Waals surface area contributed by atoms with Crippen molar-refractivity contribution in [3.63, 3.8) is 0 Å². The lowest BCUT2D eigenvalue weighted by atomic mass is 10.1. The molecule has 5 nitrogen and oxygen atoms in total. The maximum atomic E-state index is 11.6. The molecule has 1 aliphatic rings. The van der Waals surface area contributed by atoms with Gasteiger partial charge in [-0.1, -0.05) is 6.92 Å². The number of hydrogen-bond donors (Lipinski definition) is 2. The number of nitrogens with one attached hydrogen (secondary N) is 2. The molecule has 92 valence electrons. The summed E-state index contributed by atoms with van der Waals surface area (Å²) in [6, 6.07) is 0. The van der Waals surface area contributed by atoms with Crippen molar-refractivity contribution < 1.29 is 9.59 Å². The van der Waals surface area contributed by atoms with E-state index in [-0.39, 0.29) is 24.3 Å². The Balaban J connectivity index is 2.22. The molecule has 1 atom stereocenters. The van der Waals surface area contributed by atoms with Gasteiger partial charge in [-0.2, -0.15) is 0 Å². The van der Waals surface area contributed by atoms with Gasteiger partial charge in [-0.15, -0.1) is 0 Å². The van der Waals surface area contributed by atoms with E-state index in [1.807, 2.05) is 11.8 Å². The minimum atomic E-state index is -0.101. The third-order valence-electron chi connectivity index (χ3n) is 2.83. The maximum absolute atomic E-state index is 11.6. The Morgan fingerprint density at radius 1 is 1.31 bits per heavy atom. The van der Waals surface area contributed by atoms with Crippen molar-refractivity contribution in [1.82, 2.24) is 15.5 Å². The van der Waals surface area contributed by atoms with E-state index in [9.17, 15) is 9.59 Å². The first-order chi connectivity index (χ1) is 7.65. The highest BCUT2D eigenvalue weighted by atomic mass is 16.2. The number of carbonyl (C=O) groups excluding carboxylic acids is 2. The zero-order valence-corrected chi connectivity index (χ0v) is 10.1. The van der Waals surface area contributed by atoms with E-state index in [0.717, 1.165) is 25.9 Å². The van der Waals surface area contributed by atoms with Crippen molar-refractivity contribution in [2.75, 3.05) is 33.2 Å². The molecule has 2 N–H and O–H groups in total. The quantitative estimate of drug-likeness (QED) is 0.670. The predicted molar refractivity (Wildman–Crippen MR) is 61.9 cm³/mol. The van der Waals surface area contributed by atoms with Crippen LogP contribution in [0.4, 0.5) is 0 Å². The number of amides is 2. The van der Waals surface area contributed by atoms with E-state index >= 15 is 0 Å².